The van der Waals surface area contributed by atoms with Gasteiger partial charge in [-0.05, 0) is 43.7 Å². The van der Waals surface area contributed by atoms with Gasteiger partial charge in [0.1, 0.15) is 6.26 Å². The zero-order valence-electron chi connectivity index (χ0n) is 17.6. The minimum atomic E-state index is 0.541. The topological polar surface area (TPSA) is 65.7 Å². The lowest BCUT2D eigenvalue weighted by Gasteiger charge is -2.13. The molecule has 0 aliphatic rings. The molecule has 0 saturated heterocycles. The van der Waals surface area contributed by atoms with Crippen LogP contribution in [0.25, 0.3) is 11.5 Å². The Balaban J connectivity index is 1.63. The third kappa shape index (κ3) is 5.85. The summed E-state index contributed by atoms with van der Waals surface area (Å²) in [6.07, 6.45) is 1.69. The highest BCUT2D eigenvalue weighted by molar-refractivity contribution is 5.79. The first-order chi connectivity index (χ1) is 14.0. The van der Waals surface area contributed by atoms with Crippen LogP contribution in [0.2, 0.25) is 0 Å². The molecule has 0 unspecified atom stereocenters. The molecule has 6 heteroatoms. The third-order valence-electron chi connectivity index (χ3n) is 4.48. The van der Waals surface area contributed by atoms with Crippen molar-refractivity contribution >= 4 is 11.6 Å². The summed E-state index contributed by atoms with van der Waals surface area (Å²) >= 11 is 0. The molecule has 0 aliphatic carbocycles. The second-order valence-corrected chi connectivity index (χ2v) is 7.12. The summed E-state index contributed by atoms with van der Waals surface area (Å²) in [4.78, 5) is 11.4. The molecule has 0 amide bonds. The summed E-state index contributed by atoms with van der Waals surface area (Å²) in [5, 5.41) is 6.60. The van der Waals surface area contributed by atoms with Gasteiger partial charge < -0.3 is 20.0 Å². The molecule has 0 aliphatic heterocycles. The van der Waals surface area contributed by atoms with Crippen molar-refractivity contribution in [2.24, 2.45) is 4.99 Å². The highest BCUT2D eigenvalue weighted by atomic mass is 16.3. The van der Waals surface area contributed by atoms with Crippen molar-refractivity contribution in [1.29, 1.82) is 0 Å². The maximum atomic E-state index is 5.63. The molecular formula is C23H29N5O. The van der Waals surface area contributed by atoms with Crippen molar-refractivity contribution in [3.05, 3.63) is 71.6 Å². The van der Waals surface area contributed by atoms with Crippen LogP contribution in [0.4, 0.5) is 5.69 Å². The lowest BCUT2D eigenvalue weighted by Crippen LogP contribution is -2.36. The zero-order chi connectivity index (χ0) is 20.6. The Hall–Kier alpha value is -3.28. The Kier molecular flexibility index (Phi) is 6.89. The van der Waals surface area contributed by atoms with Gasteiger partial charge in [0.15, 0.2) is 5.96 Å². The van der Waals surface area contributed by atoms with Crippen LogP contribution in [0.5, 0.6) is 0 Å². The normalized spacial score (nSPS) is 11.4. The summed E-state index contributed by atoms with van der Waals surface area (Å²) in [6.45, 7) is 6.04. The van der Waals surface area contributed by atoms with Gasteiger partial charge in [-0.1, -0.05) is 29.8 Å². The summed E-state index contributed by atoms with van der Waals surface area (Å²) in [5.74, 6) is 1.38. The summed E-state index contributed by atoms with van der Waals surface area (Å²) < 4.78 is 5.63. The van der Waals surface area contributed by atoms with Crippen LogP contribution in [0, 0.1) is 6.92 Å². The number of oxazole rings is 1. The van der Waals surface area contributed by atoms with Crippen LogP contribution in [-0.4, -0.2) is 31.6 Å². The Bertz CT molecular complexity index is 944. The van der Waals surface area contributed by atoms with E-state index in [1.165, 1.54) is 11.3 Å². The number of aromatic nitrogens is 1. The minimum absolute atomic E-state index is 0.541. The Morgan fingerprint density at radius 2 is 1.90 bits per heavy atom. The summed E-state index contributed by atoms with van der Waals surface area (Å²) in [5.41, 5.74) is 5.35. The van der Waals surface area contributed by atoms with E-state index in [0.29, 0.717) is 19.0 Å². The molecule has 2 N–H and O–H groups in total. The van der Waals surface area contributed by atoms with Crippen molar-refractivity contribution in [2.75, 3.05) is 25.5 Å². The van der Waals surface area contributed by atoms with E-state index in [-0.39, 0.29) is 0 Å². The molecule has 0 fully saturated rings. The van der Waals surface area contributed by atoms with E-state index < -0.39 is 0 Å². The summed E-state index contributed by atoms with van der Waals surface area (Å²) in [7, 11) is 4.08. The first kappa shape index (κ1) is 20.5. The number of benzene rings is 2. The van der Waals surface area contributed by atoms with Gasteiger partial charge >= 0.3 is 0 Å². The highest BCUT2D eigenvalue weighted by Gasteiger charge is 2.07. The van der Waals surface area contributed by atoms with Crippen molar-refractivity contribution in [3.63, 3.8) is 0 Å². The number of nitrogens with one attached hydrogen (secondary N) is 2. The first-order valence-corrected chi connectivity index (χ1v) is 9.85. The Labute approximate surface area is 172 Å². The zero-order valence-corrected chi connectivity index (χ0v) is 17.6. The Morgan fingerprint density at radius 3 is 2.62 bits per heavy atom. The molecule has 1 heterocycles. The molecule has 0 bridgehead atoms. The van der Waals surface area contributed by atoms with Crippen molar-refractivity contribution in [2.45, 2.75) is 26.9 Å². The second kappa shape index (κ2) is 9.78. The quantitative estimate of drug-likeness (QED) is 0.471. The fourth-order valence-electron chi connectivity index (χ4n) is 2.84. The maximum Gasteiger partial charge on any atom is 0.226 e. The molecule has 0 saturated carbocycles. The van der Waals surface area contributed by atoms with Gasteiger partial charge in [0.25, 0.3) is 0 Å². The molecule has 2 aromatic carbocycles. The van der Waals surface area contributed by atoms with Crippen molar-refractivity contribution in [1.82, 2.24) is 15.6 Å². The number of aliphatic imine (C=N–C) groups is 1. The maximum absolute atomic E-state index is 5.63. The molecule has 152 valence electrons. The van der Waals surface area contributed by atoms with Crippen LogP contribution in [0.15, 0.2) is 64.2 Å². The number of hydrogen-bond acceptors (Lipinski definition) is 4. The van der Waals surface area contributed by atoms with E-state index in [4.69, 9.17) is 9.41 Å². The van der Waals surface area contributed by atoms with Gasteiger partial charge in [0.05, 0.1) is 18.8 Å². The van der Waals surface area contributed by atoms with Crippen molar-refractivity contribution in [3.8, 4) is 11.5 Å². The lowest BCUT2D eigenvalue weighted by molar-refractivity contribution is 0.572. The van der Waals surface area contributed by atoms with Crippen LogP contribution in [-0.2, 0) is 13.1 Å². The fraction of sp³-hybridized carbons (Fsp3) is 0.304. The number of nitrogens with zero attached hydrogens (tertiary/aromatic N) is 3. The highest BCUT2D eigenvalue weighted by Crippen LogP contribution is 2.19. The van der Waals surface area contributed by atoms with Gasteiger partial charge in [0.2, 0.25) is 5.89 Å². The molecule has 0 spiro atoms. The van der Waals surface area contributed by atoms with E-state index in [0.717, 1.165) is 29.3 Å². The largest absolute Gasteiger partial charge is 0.444 e. The number of hydrogen-bond donors (Lipinski definition) is 2. The molecule has 3 rings (SSSR count). The number of guanidine groups is 1. The molecule has 29 heavy (non-hydrogen) atoms. The van der Waals surface area contributed by atoms with Gasteiger partial charge in [-0.2, -0.15) is 0 Å². The lowest BCUT2D eigenvalue weighted by atomic mass is 10.1. The van der Waals surface area contributed by atoms with E-state index in [2.05, 4.69) is 70.8 Å². The molecule has 1 aromatic heterocycles. The molecule has 0 atom stereocenters. The van der Waals surface area contributed by atoms with Gasteiger partial charge in [-0.3, -0.25) is 0 Å². The monoisotopic (exact) mass is 391 g/mol. The predicted molar refractivity (Wildman–Crippen MR) is 119 cm³/mol. The fourth-order valence-corrected chi connectivity index (χ4v) is 2.84. The number of aryl methyl sites for hydroxylation is 1. The van der Waals surface area contributed by atoms with Gasteiger partial charge in [0, 0.05) is 31.9 Å². The van der Waals surface area contributed by atoms with E-state index >= 15 is 0 Å². The predicted octanol–water partition coefficient (Wildman–Crippen LogP) is 3.97. The van der Waals surface area contributed by atoms with Crippen LogP contribution in [0.1, 0.15) is 23.7 Å². The van der Waals surface area contributed by atoms with Crippen molar-refractivity contribution < 1.29 is 4.42 Å². The van der Waals surface area contributed by atoms with E-state index in [9.17, 15) is 0 Å². The number of rotatable bonds is 7. The van der Waals surface area contributed by atoms with Gasteiger partial charge in [-0.15, -0.1) is 0 Å². The van der Waals surface area contributed by atoms with E-state index in [1.54, 1.807) is 6.26 Å². The smallest absolute Gasteiger partial charge is 0.226 e. The Morgan fingerprint density at radius 1 is 1.10 bits per heavy atom. The standard InChI is InChI=1S/C23H29N5O/c1-5-24-23(25-14-18-7-6-8-21(13-18)28(3)4)26-15-20-16-29-22(27-20)19-11-9-17(2)10-12-19/h6-13,16H,5,14-15H2,1-4H3,(H2,24,25,26). The SMILES string of the molecule is CCNC(=NCc1cccc(N(C)C)c1)NCc1coc(-c2ccc(C)cc2)n1. The average molecular weight is 392 g/mol. The number of anilines is 1. The third-order valence-corrected chi connectivity index (χ3v) is 4.48. The molecule has 6 nitrogen and oxygen atoms in total. The summed E-state index contributed by atoms with van der Waals surface area (Å²) in [6, 6.07) is 16.5. The molecule has 3 aromatic rings. The van der Waals surface area contributed by atoms with Crippen LogP contribution in [0.3, 0.4) is 0 Å². The first-order valence-electron chi connectivity index (χ1n) is 9.85. The minimum Gasteiger partial charge on any atom is -0.444 e. The second-order valence-electron chi connectivity index (χ2n) is 7.12. The molecule has 0 radical (unpaired) electrons. The van der Waals surface area contributed by atoms with E-state index in [1.807, 2.05) is 26.2 Å². The van der Waals surface area contributed by atoms with Crippen LogP contribution < -0.4 is 15.5 Å². The molecular weight excluding hydrogens is 362 g/mol. The van der Waals surface area contributed by atoms with Gasteiger partial charge in [-0.25, -0.2) is 9.98 Å². The average Bonchev–Trinajstić information content (AvgIpc) is 3.20. The van der Waals surface area contributed by atoms with Crippen LogP contribution >= 0.6 is 0 Å².